The second-order valence-electron chi connectivity index (χ2n) is 8.12. The Morgan fingerprint density at radius 1 is 1.03 bits per heavy atom. The summed E-state index contributed by atoms with van der Waals surface area (Å²) in [5, 5.41) is 9.29. The summed E-state index contributed by atoms with van der Waals surface area (Å²) in [5.74, 6) is -0.307. The fraction of sp³-hybridized carbons (Fsp3) is 0.208. The van der Waals surface area contributed by atoms with Crippen LogP contribution in [0.1, 0.15) is 12.5 Å². The normalized spacial score (nSPS) is 16.1. The van der Waals surface area contributed by atoms with Gasteiger partial charge in [-0.15, -0.1) is 13.2 Å². The number of likely N-dealkylation sites (tertiary alicyclic amines) is 1. The lowest BCUT2D eigenvalue weighted by atomic mass is 10.1. The van der Waals surface area contributed by atoms with Gasteiger partial charge in [0.15, 0.2) is 5.65 Å². The number of pyridine rings is 1. The van der Waals surface area contributed by atoms with Crippen molar-refractivity contribution in [1.29, 1.82) is 0 Å². The molecular weight excluding hydrogens is 465 g/mol. The molecule has 1 unspecified atom stereocenters. The number of hydrogen-bond acceptors (Lipinski definition) is 4. The molecule has 11 heteroatoms. The lowest BCUT2D eigenvalue weighted by molar-refractivity contribution is -0.274. The van der Waals surface area contributed by atoms with E-state index < -0.39 is 12.5 Å². The highest BCUT2D eigenvalue weighted by Gasteiger charge is 2.32. The average Bonchev–Trinajstić information content (AvgIpc) is 3.41. The highest BCUT2D eigenvalue weighted by molar-refractivity contribution is 5.75. The van der Waals surface area contributed by atoms with Gasteiger partial charge >= 0.3 is 18.1 Å². The van der Waals surface area contributed by atoms with Gasteiger partial charge in [-0.1, -0.05) is 24.3 Å². The molecule has 1 amide bonds. The fourth-order valence-electron chi connectivity index (χ4n) is 4.41. The number of aromatic nitrogens is 3. The highest BCUT2D eigenvalue weighted by Crippen LogP contribution is 2.29. The van der Waals surface area contributed by atoms with Gasteiger partial charge in [0.05, 0.1) is 17.2 Å². The predicted octanol–water partition coefficient (Wildman–Crippen LogP) is 4.68. The Labute approximate surface area is 196 Å². The standard InChI is InChI=1S/C24H19F3N4O4/c25-24(26,27)35-19-9-5-16(6-10-19)15-3-7-17(8-4-15)30-20-2-1-12-28-21(20)31(22(30)32)18-11-13-29(14-18)23(33)34/h1-10,12,18H,11,13-14H2,(H,33,34). The van der Waals surface area contributed by atoms with Crippen molar-refractivity contribution >= 4 is 17.3 Å². The zero-order chi connectivity index (χ0) is 24.7. The van der Waals surface area contributed by atoms with E-state index in [0.717, 1.165) is 5.56 Å². The molecule has 0 saturated carbocycles. The van der Waals surface area contributed by atoms with Crippen LogP contribution in [-0.4, -0.2) is 49.7 Å². The summed E-state index contributed by atoms with van der Waals surface area (Å²) in [6.45, 7) is 0.547. The number of benzene rings is 2. The third-order valence-corrected chi connectivity index (χ3v) is 5.98. The van der Waals surface area contributed by atoms with Crippen molar-refractivity contribution in [3.05, 3.63) is 77.3 Å². The number of hydrogen-bond donors (Lipinski definition) is 1. The van der Waals surface area contributed by atoms with Crippen molar-refractivity contribution < 1.29 is 27.8 Å². The van der Waals surface area contributed by atoms with Gasteiger partial charge in [0.2, 0.25) is 0 Å². The summed E-state index contributed by atoms with van der Waals surface area (Å²) in [5.41, 5.74) is 2.75. The van der Waals surface area contributed by atoms with E-state index in [4.69, 9.17) is 0 Å². The van der Waals surface area contributed by atoms with E-state index in [0.29, 0.717) is 35.4 Å². The first kappa shape index (κ1) is 22.5. The molecule has 1 fully saturated rings. The SMILES string of the molecule is O=C(O)N1CCC(n2c(=O)n(-c3ccc(-c4ccc(OC(F)(F)F)cc4)cc3)c3cccnc32)C1. The van der Waals surface area contributed by atoms with Crippen LogP contribution in [0.3, 0.4) is 0 Å². The second kappa shape index (κ2) is 8.49. The van der Waals surface area contributed by atoms with Gasteiger partial charge in [0.25, 0.3) is 0 Å². The first-order chi connectivity index (χ1) is 16.7. The summed E-state index contributed by atoms with van der Waals surface area (Å²) >= 11 is 0. The number of imidazole rings is 1. The summed E-state index contributed by atoms with van der Waals surface area (Å²) in [6.07, 6.45) is -3.68. The average molecular weight is 484 g/mol. The maximum Gasteiger partial charge on any atom is 0.573 e. The molecule has 1 aliphatic heterocycles. The zero-order valence-corrected chi connectivity index (χ0v) is 18.1. The predicted molar refractivity (Wildman–Crippen MR) is 121 cm³/mol. The molecule has 1 N–H and O–H groups in total. The molecule has 2 aromatic heterocycles. The number of rotatable bonds is 4. The molecule has 0 radical (unpaired) electrons. The van der Waals surface area contributed by atoms with Crippen LogP contribution in [0.25, 0.3) is 28.0 Å². The van der Waals surface area contributed by atoms with Gasteiger partial charge in [-0.3, -0.25) is 9.13 Å². The quantitative estimate of drug-likeness (QED) is 0.455. The molecule has 35 heavy (non-hydrogen) atoms. The topological polar surface area (TPSA) is 89.6 Å². The Morgan fingerprint density at radius 3 is 2.29 bits per heavy atom. The number of nitrogens with zero attached hydrogens (tertiary/aromatic N) is 4. The second-order valence-corrected chi connectivity index (χ2v) is 8.12. The Bertz CT molecular complexity index is 1440. The van der Waals surface area contributed by atoms with Gasteiger partial charge in [0.1, 0.15) is 5.75 Å². The largest absolute Gasteiger partial charge is 0.573 e. The van der Waals surface area contributed by atoms with Crippen LogP contribution in [0.2, 0.25) is 0 Å². The Hall–Kier alpha value is -4.28. The number of fused-ring (bicyclic) bond motifs is 1. The van der Waals surface area contributed by atoms with Crippen LogP contribution in [-0.2, 0) is 0 Å². The van der Waals surface area contributed by atoms with Crippen molar-refractivity contribution in [3.8, 4) is 22.6 Å². The molecule has 1 aliphatic rings. The zero-order valence-electron chi connectivity index (χ0n) is 18.1. The van der Waals surface area contributed by atoms with Crippen LogP contribution in [0.5, 0.6) is 5.75 Å². The van der Waals surface area contributed by atoms with Crippen molar-refractivity contribution in [2.45, 2.75) is 18.8 Å². The van der Waals surface area contributed by atoms with Crippen molar-refractivity contribution in [2.75, 3.05) is 13.1 Å². The molecule has 0 bridgehead atoms. The Balaban J connectivity index is 1.48. The van der Waals surface area contributed by atoms with Crippen LogP contribution in [0, 0.1) is 0 Å². The van der Waals surface area contributed by atoms with Gasteiger partial charge < -0.3 is 14.7 Å². The minimum atomic E-state index is -4.76. The van der Waals surface area contributed by atoms with Crippen molar-refractivity contribution in [2.24, 2.45) is 0 Å². The molecule has 1 saturated heterocycles. The van der Waals surface area contributed by atoms with Gasteiger partial charge in [-0.05, 0) is 53.9 Å². The van der Waals surface area contributed by atoms with Crippen LogP contribution < -0.4 is 10.4 Å². The van der Waals surface area contributed by atoms with E-state index in [9.17, 15) is 27.9 Å². The monoisotopic (exact) mass is 484 g/mol. The first-order valence-corrected chi connectivity index (χ1v) is 10.7. The first-order valence-electron chi connectivity index (χ1n) is 10.7. The molecule has 0 aliphatic carbocycles. The minimum absolute atomic E-state index is 0.206. The fourth-order valence-corrected chi connectivity index (χ4v) is 4.41. The number of carbonyl (C=O) groups is 1. The molecule has 8 nitrogen and oxygen atoms in total. The Kier molecular flexibility index (Phi) is 5.46. The number of ether oxygens (including phenoxy) is 1. The molecule has 5 rings (SSSR count). The van der Waals surface area contributed by atoms with E-state index in [1.54, 1.807) is 47.2 Å². The van der Waals surface area contributed by atoms with Gasteiger partial charge in [-0.25, -0.2) is 14.6 Å². The third kappa shape index (κ3) is 4.32. The number of halogens is 3. The maximum absolute atomic E-state index is 13.5. The summed E-state index contributed by atoms with van der Waals surface area (Å²) < 4.78 is 44.1. The van der Waals surface area contributed by atoms with Crippen LogP contribution in [0.15, 0.2) is 71.7 Å². The summed E-state index contributed by atoms with van der Waals surface area (Å²) in [4.78, 5) is 30.5. The van der Waals surface area contributed by atoms with E-state index in [1.165, 1.54) is 33.7 Å². The van der Waals surface area contributed by atoms with E-state index in [2.05, 4.69) is 9.72 Å². The third-order valence-electron chi connectivity index (χ3n) is 5.98. The van der Waals surface area contributed by atoms with Gasteiger partial charge in [0, 0.05) is 19.3 Å². The summed E-state index contributed by atoms with van der Waals surface area (Å²) in [7, 11) is 0. The highest BCUT2D eigenvalue weighted by atomic mass is 19.4. The van der Waals surface area contributed by atoms with Crippen molar-refractivity contribution in [3.63, 3.8) is 0 Å². The maximum atomic E-state index is 13.5. The number of alkyl halides is 3. The molecule has 180 valence electrons. The van der Waals surface area contributed by atoms with Crippen LogP contribution >= 0.6 is 0 Å². The van der Waals surface area contributed by atoms with E-state index >= 15 is 0 Å². The molecular formula is C24H19F3N4O4. The molecule has 3 heterocycles. The minimum Gasteiger partial charge on any atom is -0.465 e. The molecule has 0 spiro atoms. The van der Waals surface area contributed by atoms with Crippen molar-refractivity contribution in [1.82, 2.24) is 19.0 Å². The number of carboxylic acid groups (broad SMARTS) is 1. The van der Waals surface area contributed by atoms with Crippen LogP contribution in [0.4, 0.5) is 18.0 Å². The van der Waals surface area contributed by atoms with Gasteiger partial charge in [-0.2, -0.15) is 0 Å². The Morgan fingerprint density at radius 2 is 1.69 bits per heavy atom. The number of amides is 1. The smallest absolute Gasteiger partial charge is 0.465 e. The van der Waals surface area contributed by atoms with E-state index in [-0.39, 0.29) is 24.0 Å². The lowest BCUT2D eigenvalue weighted by Gasteiger charge is -2.13. The lowest BCUT2D eigenvalue weighted by Crippen LogP contribution is -2.31. The summed E-state index contributed by atoms with van der Waals surface area (Å²) in [6, 6.07) is 15.7. The molecule has 1 atom stereocenters. The van der Waals surface area contributed by atoms with E-state index in [1.807, 2.05) is 0 Å². The molecule has 4 aromatic rings. The molecule has 2 aromatic carbocycles.